The number of benzene rings is 1. The average Bonchev–Trinajstić information content (AvgIpc) is 2.43. The number of nitrogen functional groups attached to an aromatic ring is 1. The van der Waals surface area contributed by atoms with Crippen LogP contribution >= 0.6 is 11.3 Å². The normalized spacial score (nSPS) is 17.1. The zero-order valence-electron chi connectivity index (χ0n) is 7.86. The summed E-state index contributed by atoms with van der Waals surface area (Å²) in [5, 5.41) is 1.30. The van der Waals surface area contributed by atoms with E-state index >= 15 is 0 Å². The van der Waals surface area contributed by atoms with Crippen LogP contribution < -0.4 is 5.73 Å². The molecule has 3 heteroatoms. The molecule has 0 atom stereocenters. The number of nitrogens with zero attached hydrogens (tertiary/aromatic N) is 1. The predicted molar refractivity (Wildman–Crippen MR) is 60.6 cm³/mol. The lowest BCUT2D eigenvalue weighted by Gasteiger charge is -2.22. The van der Waals surface area contributed by atoms with Crippen molar-refractivity contribution < 1.29 is 0 Å². The van der Waals surface area contributed by atoms with Gasteiger partial charge >= 0.3 is 0 Å². The van der Waals surface area contributed by atoms with Gasteiger partial charge in [0.25, 0.3) is 0 Å². The van der Waals surface area contributed by atoms with Gasteiger partial charge in [0, 0.05) is 11.6 Å². The Morgan fingerprint density at radius 2 is 2.21 bits per heavy atom. The van der Waals surface area contributed by atoms with E-state index in [1.54, 1.807) is 11.3 Å². The number of nitrogens with two attached hydrogens (primary N) is 1. The maximum Gasteiger partial charge on any atom is 0.0969 e. The lowest BCUT2D eigenvalue weighted by atomic mass is 9.86. The molecule has 2 aromatic rings. The maximum atomic E-state index is 5.73. The van der Waals surface area contributed by atoms with Gasteiger partial charge in [-0.3, -0.25) is 0 Å². The molecule has 1 saturated carbocycles. The van der Waals surface area contributed by atoms with E-state index in [0.717, 1.165) is 17.1 Å². The number of rotatable bonds is 1. The van der Waals surface area contributed by atoms with Crippen LogP contribution in [0.25, 0.3) is 10.2 Å². The monoisotopic (exact) mass is 204 g/mol. The third-order valence-corrected chi connectivity index (χ3v) is 4.06. The van der Waals surface area contributed by atoms with Crippen molar-refractivity contribution in [3.8, 4) is 0 Å². The first-order valence-corrected chi connectivity index (χ1v) is 5.80. The highest BCUT2D eigenvalue weighted by Crippen LogP contribution is 2.40. The minimum absolute atomic E-state index is 0.730. The van der Waals surface area contributed by atoms with Crippen molar-refractivity contribution in [3.05, 3.63) is 23.2 Å². The van der Waals surface area contributed by atoms with Gasteiger partial charge in [0.2, 0.25) is 0 Å². The fourth-order valence-electron chi connectivity index (χ4n) is 1.79. The first-order chi connectivity index (χ1) is 6.83. The van der Waals surface area contributed by atoms with Crippen LogP contribution in [0.1, 0.15) is 30.2 Å². The predicted octanol–water partition coefficient (Wildman–Crippen LogP) is 3.15. The summed E-state index contributed by atoms with van der Waals surface area (Å²) in [7, 11) is 0. The molecule has 0 aliphatic heterocycles. The molecule has 2 N–H and O–H groups in total. The lowest BCUT2D eigenvalue weighted by Crippen LogP contribution is -2.07. The summed E-state index contributed by atoms with van der Waals surface area (Å²) in [6.07, 6.45) is 3.99. The topological polar surface area (TPSA) is 38.9 Å². The van der Waals surface area contributed by atoms with Crippen LogP contribution in [-0.2, 0) is 0 Å². The second-order valence-electron chi connectivity index (χ2n) is 3.91. The van der Waals surface area contributed by atoms with Gasteiger partial charge in [0.1, 0.15) is 0 Å². The van der Waals surface area contributed by atoms with Gasteiger partial charge in [-0.15, -0.1) is 11.3 Å². The van der Waals surface area contributed by atoms with Crippen LogP contribution in [0.5, 0.6) is 0 Å². The summed E-state index contributed by atoms with van der Waals surface area (Å²) < 4.78 is 1.23. The second-order valence-corrected chi connectivity index (χ2v) is 4.97. The van der Waals surface area contributed by atoms with E-state index in [0.29, 0.717) is 0 Å². The minimum atomic E-state index is 0.730. The smallest absolute Gasteiger partial charge is 0.0969 e. The number of thiazole rings is 1. The number of aromatic nitrogens is 1. The molecule has 3 rings (SSSR count). The maximum absolute atomic E-state index is 5.73. The standard InChI is InChI=1S/C11H12N2S/c12-8-4-5-9-10(6-8)14-11(13-9)7-2-1-3-7/h4-7H,1-3,12H2. The lowest BCUT2D eigenvalue weighted by molar-refractivity contribution is 0.419. The quantitative estimate of drug-likeness (QED) is 0.725. The molecule has 0 amide bonds. The molecule has 0 radical (unpaired) electrons. The van der Waals surface area contributed by atoms with Crippen LogP contribution in [-0.4, -0.2) is 4.98 Å². The van der Waals surface area contributed by atoms with Gasteiger partial charge in [-0.2, -0.15) is 0 Å². The largest absolute Gasteiger partial charge is 0.399 e. The molecule has 0 spiro atoms. The summed E-state index contributed by atoms with van der Waals surface area (Å²) in [5.74, 6) is 0.730. The van der Waals surface area contributed by atoms with E-state index < -0.39 is 0 Å². The SMILES string of the molecule is Nc1ccc2nc(C3CCC3)sc2c1. The Kier molecular flexibility index (Phi) is 1.74. The molecule has 0 saturated heterocycles. The summed E-state index contributed by atoms with van der Waals surface area (Å²) >= 11 is 1.80. The molecule has 2 nitrogen and oxygen atoms in total. The Labute approximate surface area is 86.8 Å². The molecule has 1 aliphatic carbocycles. The highest BCUT2D eigenvalue weighted by molar-refractivity contribution is 7.18. The van der Waals surface area contributed by atoms with Gasteiger partial charge in [-0.25, -0.2) is 4.98 Å². The first-order valence-electron chi connectivity index (χ1n) is 4.99. The minimum Gasteiger partial charge on any atom is -0.399 e. The van der Waals surface area contributed by atoms with Gasteiger partial charge in [-0.05, 0) is 31.0 Å². The zero-order valence-corrected chi connectivity index (χ0v) is 8.68. The van der Waals surface area contributed by atoms with E-state index in [2.05, 4.69) is 4.98 Å². The third-order valence-electron chi connectivity index (χ3n) is 2.88. The van der Waals surface area contributed by atoms with Crippen LogP contribution in [0.4, 0.5) is 5.69 Å². The summed E-state index contributed by atoms with van der Waals surface area (Å²) in [6, 6.07) is 5.96. The highest BCUT2D eigenvalue weighted by Gasteiger charge is 2.22. The first kappa shape index (κ1) is 8.24. The Bertz CT molecular complexity index is 471. The molecule has 1 aromatic carbocycles. The molecule has 0 unspecified atom stereocenters. The van der Waals surface area contributed by atoms with E-state index in [1.165, 1.54) is 29.0 Å². The van der Waals surface area contributed by atoms with E-state index in [1.807, 2.05) is 18.2 Å². The Balaban J connectivity index is 2.10. The number of hydrogen-bond acceptors (Lipinski definition) is 3. The number of hydrogen-bond donors (Lipinski definition) is 1. The van der Waals surface area contributed by atoms with E-state index in [-0.39, 0.29) is 0 Å². The molecule has 1 fully saturated rings. The molecule has 14 heavy (non-hydrogen) atoms. The number of anilines is 1. The van der Waals surface area contributed by atoms with E-state index in [9.17, 15) is 0 Å². The summed E-state index contributed by atoms with van der Waals surface area (Å²) in [6.45, 7) is 0. The Morgan fingerprint density at radius 1 is 1.36 bits per heavy atom. The van der Waals surface area contributed by atoms with Crippen molar-refractivity contribution in [2.75, 3.05) is 5.73 Å². The Morgan fingerprint density at radius 3 is 2.93 bits per heavy atom. The van der Waals surface area contributed by atoms with Gasteiger partial charge in [0.15, 0.2) is 0 Å². The van der Waals surface area contributed by atoms with E-state index in [4.69, 9.17) is 5.73 Å². The fourth-order valence-corrected chi connectivity index (χ4v) is 2.97. The Hall–Kier alpha value is -1.09. The van der Waals surface area contributed by atoms with Crippen molar-refractivity contribution in [2.24, 2.45) is 0 Å². The van der Waals surface area contributed by atoms with Crippen LogP contribution in [0.2, 0.25) is 0 Å². The van der Waals surface area contributed by atoms with Crippen LogP contribution in [0, 0.1) is 0 Å². The molecule has 0 bridgehead atoms. The van der Waals surface area contributed by atoms with Crippen molar-refractivity contribution in [2.45, 2.75) is 25.2 Å². The molecule has 1 aromatic heterocycles. The fraction of sp³-hybridized carbons (Fsp3) is 0.364. The zero-order chi connectivity index (χ0) is 9.54. The van der Waals surface area contributed by atoms with Crippen molar-refractivity contribution in [3.63, 3.8) is 0 Å². The van der Waals surface area contributed by atoms with Gasteiger partial charge in [0.05, 0.1) is 15.2 Å². The molecule has 1 aliphatic rings. The molecule has 72 valence electrons. The van der Waals surface area contributed by atoms with Crippen LogP contribution in [0.15, 0.2) is 18.2 Å². The molecule has 1 heterocycles. The van der Waals surface area contributed by atoms with Gasteiger partial charge in [-0.1, -0.05) is 6.42 Å². The number of fused-ring (bicyclic) bond motifs is 1. The summed E-state index contributed by atoms with van der Waals surface area (Å²) in [5.41, 5.74) is 7.67. The molecular formula is C11H12N2S. The summed E-state index contributed by atoms with van der Waals surface area (Å²) in [4.78, 5) is 4.64. The van der Waals surface area contributed by atoms with Crippen LogP contribution in [0.3, 0.4) is 0 Å². The highest BCUT2D eigenvalue weighted by atomic mass is 32.1. The van der Waals surface area contributed by atoms with Crippen molar-refractivity contribution in [1.29, 1.82) is 0 Å². The third kappa shape index (κ3) is 1.20. The van der Waals surface area contributed by atoms with Crippen molar-refractivity contribution in [1.82, 2.24) is 4.98 Å². The van der Waals surface area contributed by atoms with Gasteiger partial charge < -0.3 is 5.73 Å². The second kappa shape index (κ2) is 2.95. The van der Waals surface area contributed by atoms with Crippen molar-refractivity contribution >= 4 is 27.2 Å². The average molecular weight is 204 g/mol. The molecular weight excluding hydrogens is 192 g/mol.